The second-order valence-corrected chi connectivity index (χ2v) is 6.63. The molecule has 3 aromatic rings. The molecule has 9 heteroatoms. The lowest BCUT2D eigenvalue weighted by atomic mass is 10.1. The third-order valence-electron chi connectivity index (χ3n) is 4.51. The number of ether oxygens (including phenoxy) is 2. The first-order valence-corrected chi connectivity index (χ1v) is 9.29. The Bertz CT molecular complexity index is 1010. The average molecular weight is 414 g/mol. The van der Waals surface area contributed by atoms with E-state index >= 15 is 0 Å². The number of urea groups is 1. The molecule has 158 valence electrons. The maximum atomic E-state index is 13.1. The molecule has 0 fully saturated rings. The molecule has 2 unspecified atom stereocenters. The first-order chi connectivity index (χ1) is 14.4. The zero-order valence-electron chi connectivity index (χ0n) is 17.1. The van der Waals surface area contributed by atoms with Gasteiger partial charge in [0.2, 0.25) is 11.7 Å². The number of benzene rings is 2. The molecule has 30 heavy (non-hydrogen) atoms. The fourth-order valence-corrected chi connectivity index (χ4v) is 2.88. The van der Waals surface area contributed by atoms with Crippen LogP contribution in [-0.4, -0.2) is 30.4 Å². The molecule has 1 aromatic heterocycles. The number of nitrogens with zero attached hydrogens (tertiary/aromatic N) is 2. The maximum absolute atomic E-state index is 13.1. The molecule has 0 bridgehead atoms. The second kappa shape index (κ2) is 9.25. The van der Waals surface area contributed by atoms with Crippen LogP contribution in [0.5, 0.6) is 11.5 Å². The first-order valence-electron chi connectivity index (χ1n) is 9.29. The minimum absolute atomic E-state index is 0.232. The summed E-state index contributed by atoms with van der Waals surface area (Å²) in [6.07, 6.45) is 0. The summed E-state index contributed by atoms with van der Waals surface area (Å²) in [7, 11) is 3.14. The highest BCUT2D eigenvalue weighted by Gasteiger charge is 2.20. The molecule has 8 nitrogen and oxygen atoms in total. The van der Waals surface area contributed by atoms with Crippen molar-refractivity contribution in [3.8, 4) is 22.9 Å². The third kappa shape index (κ3) is 4.86. The van der Waals surface area contributed by atoms with E-state index in [1.165, 1.54) is 12.1 Å². The molecule has 2 atom stereocenters. The van der Waals surface area contributed by atoms with Crippen LogP contribution in [0.4, 0.5) is 9.18 Å². The van der Waals surface area contributed by atoms with Crippen molar-refractivity contribution >= 4 is 6.03 Å². The van der Waals surface area contributed by atoms with Gasteiger partial charge in [-0.2, -0.15) is 4.98 Å². The Labute approximate surface area is 173 Å². The summed E-state index contributed by atoms with van der Waals surface area (Å²) in [6.45, 7) is 3.55. The van der Waals surface area contributed by atoms with Crippen LogP contribution >= 0.6 is 0 Å². The molecule has 0 aliphatic rings. The number of hydrogen-bond acceptors (Lipinski definition) is 6. The number of carbonyl (C=O) groups excluding carboxylic acids is 1. The summed E-state index contributed by atoms with van der Waals surface area (Å²) in [4.78, 5) is 16.7. The van der Waals surface area contributed by atoms with Gasteiger partial charge in [-0.25, -0.2) is 9.18 Å². The van der Waals surface area contributed by atoms with Gasteiger partial charge in [0.15, 0.2) is 0 Å². The number of amides is 2. The Morgan fingerprint density at radius 1 is 1.03 bits per heavy atom. The lowest BCUT2D eigenvalue weighted by Gasteiger charge is -2.19. The number of hydrogen-bond donors (Lipinski definition) is 2. The van der Waals surface area contributed by atoms with Crippen LogP contribution in [0, 0.1) is 5.82 Å². The van der Waals surface area contributed by atoms with Gasteiger partial charge in [0.25, 0.3) is 0 Å². The predicted molar refractivity (Wildman–Crippen MR) is 108 cm³/mol. The average Bonchev–Trinajstić information content (AvgIpc) is 3.24. The second-order valence-electron chi connectivity index (χ2n) is 6.63. The van der Waals surface area contributed by atoms with Gasteiger partial charge in [-0.05, 0) is 56.3 Å². The lowest BCUT2D eigenvalue weighted by Crippen LogP contribution is -2.38. The molecule has 0 aliphatic carbocycles. The smallest absolute Gasteiger partial charge is 0.315 e. The highest BCUT2D eigenvalue weighted by Crippen LogP contribution is 2.29. The topological polar surface area (TPSA) is 98.5 Å². The van der Waals surface area contributed by atoms with Crippen molar-refractivity contribution in [2.75, 3.05) is 14.2 Å². The van der Waals surface area contributed by atoms with Gasteiger partial charge in [-0.3, -0.25) is 0 Å². The minimum Gasteiger partial charge on any atom is -0.497 e. The first kappa shape index (κ1) is 21.1. The number of halogens is 1. The summed E-state index contributed by atoms with van der Waals surface area (Å²) >= 11 is 0. The molecule has 0 radical (unpaired) electrons. The monoisotopic (exact) mass is 414 g/mol. The van der Waals surface area contributed by atoms with E-state index in [0.29, 0.717) is 22.9 Å². The normalized spacial score (nSPS) is 12.7. The highest BCUT2D eigenvalue weighted by atomic mass is 19.1. The van der Waals surface area contributed by atoms with Gasteiger partial charge in [0.1, 0.15) is 23.4 Å². The lowest BCUT2D eigenvalue weighted by molar-refractivity contribution is 0.231. The summed E-state index contributed by atoms with van der Waals surface area (Å²) in [5.41, 5.74) is 1.39. The van der Waals surface area contributed by atoms with Crippen molar-refractivity contribution in [2.24, 2.45) is 0 Å². The van der Waals surface area contributed by atoms with E-state index < -0.39 is 12.1 Å². The largest absolute Gasteiger partial charge is 0.497 e. The van der Waals surface area contributed by atoms with Crippen LogP contribution in [0.2, 0.25) is 0 Å². The molecule has 2 amide bonds. The number of aromatic nitrogens is 2. The fourth-order valence-electron chi connectivity index (χ4n) is 2.88. The van der Waals surface area contributed by atoms with Crippen molar-refractivity contribution in [1.82, 2.24) is 20.8 Å². The number of nitrogens with one attached hydrogen (secondary N) is 2. The van der Waals surface area contributed by atoms with Crippen LogP contribution in [0.25, 0.3) is 11.4 Å². The Kier molecular flexibility index (Phi) is 6.51. The number of methoxy groups -OCH3 is 2. The van der Waals surface area contributed by atoms with E-state index in [4.69, 9.17) is 14.0 Å². The Morgan fingerprint density at radius 3 is 2.40 bits per heavy atom. The molecule has 0 aliphatic heterocycles. The number of carbonyl (C=O) groups is 1. The Balaban J connectivity index is 1.64. The van der Waals surface area contributed by atoms with Gasteiger partial charge in [0, 0.05) is 11.1 Å². The van der Waals surface area contributed by atoms with Crippen LogP contribution < -0.4 is 20.1 Å². The molecule has 3 rings (SSSR count). The van der Waals surface area contributed by atoms with E-state index in [9.17, 15) is 9.18 Å². The maximum Gasteiger partial charge on any atom is 0.315 e. The van der Waals surface area contributed by atoms with Crippen LogP contribution in [0.3, 0.4) is 0 Å². The summed E-state index contributed by atoms with van der Waals surface area (Å²) in [5.74, 6) is 1.49. The van der Waals surface area contributed by atoms with E-state index in [1.807, 2.05) is 6.92 Å². The van der Waals surface area contributed by atoms with Crippen molar-refractivity contribution in [2.45, 2.75) is 25.9 Å². The van der Waals surface area contributed by atoms with Gasteiger partial charge in [-0.1, -0.05) is 5.16 Å². The quantitative estimate of drug-likeness (QED) is 0.606. The molecule has 0 saturated heterocycles. The fraction of sp³-hybridized carbons (Fsp3) is 0.286. The van der Waals surface area contributed by atoms with E-state index in [1.54, 1.807) is 51.5 Å². The molecule has 2 aromatic carbocycles. The summed E-state index contributed by atoms with van der Waals surface area (Å²) in [5, 5.41) is 9.49. The summed E-state index contributed by atoms with van der Waals surface area (Å²) in [6, 6.07) is 9.81. The van der Waals surface area contributed by atoms with Crippen molar-refractivity contribution in [1.29, 1.82) is 0 Å². The molecule has 0 spiro atoms. The van der Waals surface area contributed by atoms with E-state index in [-0.39, 0.29) is 17.7 Å². The Hall–Kier alpha value is -3.62. The van der Waals surface area contributed by atoms with Gasteiger partial charge in [-0.15, -0.1) is 0 Å². The molecular formula is C21H23FN4O4. The van der Waals surface area contributed by atoms with Crippen LogP contribution in [0.15, 0.2) is 47.0 Å². The van der Waals surface area contributed by atoms with Crippen molar-refractivity contribution in [3.63, 3.8) is 0 Å². The van der Waals surface area contributed by atoms with Crippen molar-refractivity contribution in [3.05, 3.63) is 59.7 Å². The zero-order valence-corrected chi connectivity index (χ0v) is 17.1. The zero-order chi connectivity index (χ0) is 21.7. The number of rotatable bonds is 7. The van der Waals surface area contributed by atoms with E-state index in [0.717, 1.165) is 5.56 Å². The van der Waals surface area contributed by atoms with Gasteiger partial charge >= 0.3 is 6.03 Å². The van der Waals surface area contributed by atoms with Crippen LogP contribution in [-0.2, 0) is 0 Å². The standard InChI is InChI=1S/C21H23FN4O4/c1-12(17-11-16(28-3)9-10-18(17)29-4)23-21(27)24-13(2)20-25-19(26-30-20)14-5-7-15(22)8-6-14/h5-13H,1-4H3,(H2,23,24,27). The molecular weight excluding hydrogens is 391 g/mol. The van der Waals surface area contributed by atoms with E-state index in [2.05, 4.69) is 20.8 Å². The predicted octanol–water partition coefficient (Wildman–Crippen LogP) is 4.01. The summed E-state index contributed by atoms with van der Waals surface area (Å²) < 4.78 is 28.9. The van der Waals surface area contributed by atoms with Crippen LogP contribution in [0.1, 0.15) is 37.4 Å². The highest BCUT2D eigenvalue weighted by molar-refractivity contribution is 5.75. The molecule has 0 saturated carbocycles. The minimum atomic E-state index is -0.536. The van der Waals surface area contributed by atoms with Crippen molar-refractivity contribution < 1.29 is 23.2 Å². The SMILES string of the molecule is COc1ccc(OC)c(C(C)NC(=O)NC(C)c2nc(-c3ccc(F)cc3)no2)c1. The Morgan fingerprint density at radius 2 is 1.73 bits per heavy atom. The van der Waals surface area contributed by atoms with Gasteiger partial charge < -0.3 is 24.6 Å². The van der Waals surface area contributed by atoms with Gasteiger partial charge in [0.05, 0.1) is 20.3 Å². The molecule has 1 heterocycles. The molecule has 2 N–H and O–H groups in total. The third-order valence-corrected chi connectivity index (χ3v) is 4.51.